The van der Waals surface area contributed by atoms with Gasteiger partial charge in [0.05, 0.1) is 15.1 Å². The molecule has 34 heavy (non-hydrogen) atoms. The normalized spacial score (nSPS) is 18.3. The highest BCUT2D eigenvalue weighted by molar-refractivity contribution is 7.89. The second kappa shape index (κ2) is 9.64. The van der Waals surface area contributed by atoms with E-state index in [9.17, 15) is 13.2 Å². The molecule has 0 bridgehead atoms. The van der Waals surface area contributed by atoms with Crippen molar-refractivity contribution in [1.29, 1.82) is 0 Å². The number of para-hydroxylation sites is 1. The molecule has 3 aromatic rings. The number of hydrogen-bond acceptors (Lipinski definition) is 6. The maximum atomic E-state index is 13.1. The van der Waals surface area contributed by atoms with Gasteiger partial charge in [-0.3, -0.25) is 4.79 Å². The molecule has 0 N–H and O–H groups in total. The second-order valence-electron chi connectivity index (χ2n) is 9.04. The van der Waals surface area contributed by atoms with Gasteiger partial charge in [0.1, 0.15) is 0 Å². The van der Waals surface area contributed by atoms with Crippen LogP contribution in [-0.2, 0) is 10.0 Å². The first kappa shape index (κ1) is 23.3. The third-order valence-corrected chi connectivity index (χ3v) is 9.75. The number of carbonyl (C=O) groups excluding carboxylic acids is 1. The lowest BCUT2D eigenvalue weighted by Gasteiger charge is -2.34. The molecule has 2 aliphatic rings. The van der Waals surface area contributed by atoms with E-state index in [1.807, 2.05) is 4.90 Å². The summed E-state index contributed by atoms with van der Waals surface area (Å²) in [6.45, 7) is 5.90. The Morgan fingerprint density at radius 2 is 1.56 bits per heavy atom. The molecular weight excluding hydrogens is 468 g/mol. The molecule has 0 aliphatic carbocycles. The van der Waals surface area contributed by atoms with E-state index in [4.69, 9.17) is 4.98 Å². The van der Waals surface area contributed by atoms with Gasteiger partial charge in [-0.2, -0.15) is 4.31 Å². The van der Waals surface area contributed by atoms with Crippen molar-refractivity contribution in [2.45, 2.75) is 37.5 Å². The van der Waals surface area contributed by atoms with Crippen LogP contribution in [0.25, 0.3) is 10.2 Å². The predicted molar refractivity (Wildman–Crippen MR) is 136 cm³/mol. The average Bonchev–Trinajstić information content (AvgIpc) is 3.11. The highest BCUT2D eigenvalue weighted by Crippen LogP contribution is 2.31. The van der Waals surface area contributed by atoms with Gasteiger partial charge in [0.2, 0.25) is 10.0 Å². The largest absolute Gasteiger partial charge is 0.345 e. The van der Waals surface area contributed by atoms with Gasteiger partial charge in [-0.05, 0) is 55.7 Å². The Labute approximate surface area is 205 Å². The summed E-state index contributed by atoms with van der Waals surface area (Å²) in [5.74, 6) is -0.0569. The summed E-state index contributed by atoms with van der Waals surface area (Å²) in [5.41, 5.74) is 2.75. The Hall–Kier alpha value is -2.49. The van der Waals surface area contributed by atoms with E-state index < -0.39 is 10.0 Å². The molecule has 0 unspecified atom stereocenters. The second-order valence-corrected chi connectivity index (χ2v) is 12.0. The molecule has 5 rings (SSSR count). The minimum absolute atomic E-state index is 0.0569. The average molecular weight is 499 g/mol. The van der Waals surface area contributed by atoms with Gasteiger partial charge in [0.25, 0.3) is 5.91 Å². The number of fused-ring (bicyclic) bond motifs is 1. The quantitative estimate of drug-likeness (QED) is 0.541. The van der Waals surface area contributed by atoms with Crippen LogP contribution in [0.5, 0.6) is 0 Å². The number of benzene rings is 2. The lowest BCUT2D eigenvalue weighted by molar-refractivity contribution is 0.0746. The van der Waals surface area contributed by atoms with Gasteiger partial charge in [-0.15, -0.1) is 0 Å². The first-order valence-corrected chi connectivity index (χ1v) is 14.2. The van der Waals surface area contributed by atoms with Crippen LogP contribution >= 0.6 is 11.3 Å². The molecule has 2 fully saturated rings. The molecule has 9 heteroatoms. The van der Waals surface area contributed by atoms with Crippen LogP contribution in [0.2, 0.25) is 0 Å². The molecular formula is C25H30N4O3S2. The molecule has 180 valence electrons. The smallest absolute Gasteiger partial charge is 0.253 e. The lowest BCUT2D eigenvalue weighted by atomic mass is 10.2. The van der Waals surface area contributed by atoms with E-state index in [1.165, 1.54) is 10.3 Å². The molecule has 0 spiro atoms. The third kappa shape index (κ3) is 4.56. The number of carbonyl (C=O) groups is 1. The standard InChI is InChI=1S/C25H30N4O3S2/c1-19-7-6-8-22-23(19)26-25(33-22)28-17-15-27(16-18-28)24(30)20-9-11-21(12-10-20)34(31,32)29-13-4-2-3-5-14-29/h6-12H,2-5,13-18H2,1H3. The molecule has 1 amide bonds. The Morgan fingerprint density at radius 1 is 0.882 bits per heavy atom. The van der Waals surface area contributed by atoms with Gasteiger partial charge in [-0.1, -0.05) is 36.3 Å². The summed E-state index contributed by atoms with van der Waals surface area (Å²) in [5, 5.41) is 1.000. The summed E-state index contributed by atoms with van der Waals surface area (Å²) in [4.78, 5) is 22.2. The fourth-order valence-corrected chi connectivity index (χ4v) is 7.31. The number of rotatable bonds is 4. The van der Waals surface area contributed by atoms with E-state index in [0.29, 0.717) is 31.7 Å². The van der Waals surface area contributed by atoms with Crippen molar-refractivity contribution in [2.24, 2.45) is 0 Å². The van der Waals surface area contributed by atoms with Crippen LogP contribution in [0.15, 0.2) is 47.4 Å². The van der Waals surface area contributed by atoms with E-state index >= 15 is 0 Å². The van der Waals surface area contributed by atoms with E-state index in [-0.39, 0.29) is 10.8 Å². The van der Waals surface area contributed by atoms with Crippen molar-refractivity contribution in [3.05, 3.63) is 53.6 Å². The fourth-order valence-electron chi connectivity index (χ4n) is 4.69. The summed E-state index contributed by atoms with van der Waals surface area (Å²) in [7, 11) is -3.51. The van der Waals surface area contributed by atoms with Crippen molar-refractivity contribution in [2.75, 3.05) is 44.2 Å². The Morgan fingerprint density at radius 3 is 2.21 bits per heavy atom. The Kier molecular flexibility index (Phi) is 6.59. The fraction of sp³-hybridized carbons (Fsp3) is 0.440. The SMILES string of the molecule is Cc1cccc2sc(N3CCN(C(=O)c4ccc(S(=O)(=O)N5CCCCCC5)cc4)CC3)nc12. The van der Waals surface area contributed by atoms with Crippen molar-refractivity contribution in [1.82, 2.24) is 14.2 Å². The van der Waals surface area contributed by atoms with Crippen LogP contribution in [-0.4, -0.2) is 67.8 Å². The molecule has 1 aromatic heterocycles. The van der Waals surface area contributed by atoms with Gasteiger partial charge in [0.15, 0.2) is 5.13 Å². The highest BCUT2D eigenvalue weighted by atomic mass is 32.2. The summed E-state index contributed by atoms with van der Waals surface area (Å²) < 4.78 is 28.8. The summed E-state index contributed by atoms with van der Waals surface area (Å²) in [6.07, 6.45) is 3.95. The molecule has 7 nitrogen and oxygen atoms in total. The first-order chi connectivity index (χ1) is 16.4. The van der Waals surface area contributed by atoms with Crippen LogP contribution in [0, 0.1) is 6.92 Å². The maximum Gasteiger partial charge on any atom is 0.253 e. The number of aromatic nitrogens is 1. The number of piperazine rings is 1. The number of thiazole rings is 1. The highest BCUT2D eigenvalue weighted by Gasteiger charge is 2.27. The van der Waals surface area contributed by atoms with E-state index in [0.717, 1.165) is 49.4 Å². The minimum atomic E-state index is -3.51. The maximum absolute atomic E-state index is 13.1. The summed E-state index contributed by atoms with van der Waals surface area (Å²) in [6, 6.07) is 12.7. The first-order valence-electron chi connectivity index (χ1n) is 11.9. The monoisotopic (exact) mass is 498 g/mol. The molecule has 0 atom stereocenters. The van der Waals surface area contributed by atoms with Gasteiger partial charge in [0, 0.05) is 44.8 Å². The van der Waals surface area contributed by atoms with Crippen molar-refractivity contribution >= 4 is 42.6 Å². The van der Waals surface area contributed by atoms with Crippen molar-refractivity contribution in [3.8, 4) is 0 Å². The van der Waals surface area contributed by atoms with E-state index in [2.05, 4.69) is 30.0 Å². The number of hydrogen-bond donors (Lipinski definition) is 0. The third-order valence-electron chi connectivity index (χ3n) is 6.75. The molecule has 2 aromatic carbocycles. The Balaban J connectivity index is 1.23. The van der Waals surface area contributed by atoms with Crippen LogP contribution in [0.3, 0.4) is 0 Å². The van der Waals surface area contributed by atoms with Gasteiger partial charge < -0.3 is 9.80 Å². The number of anilines is 1. The number of sulfonamides is 1. The molecule has 2 saturated heterocycles. The zero-order valence-electron chi connectivity index (χ0n) is 19.4. The molecule has 2 aliphatic heterocycles. The molecule has 0 radical (unpaired) electrons. The van der Waals surface area contributed by atoms with Crippen molar-refractivity contribution < 1.29 is 13.2 Å². The zero-order valence-corrected chi connectivity index (χ0v) is 21.1. The van der Waals surface area contributed by atoms with Crippen molar-refractivity contribution in [3.63, 3.8) is 0 Å². The summed E-state index contributed by atoms with van der Waals surface area (Å²) >= 11 is 1.69. The number of aryl methyl sites for hydroxylation is 1. The Bertz CT molecular complexity index is 1270. The van der Waals surface area contributed by atoms with Crippen LogP contribution in [0.4, 0.5) is 5.13 Å². The molecule has 3 heterocycles. The van der Waals surface area contributed by atoms with Gasteiger partial charge >= 0.3 is 0 Å². The van der Waals surface area contributed by atoms with Gasteiger partial charge in [-0.25, -0.2) is 13.4 Å². The predicted octanol–water partition coefficient (Wildman–Crippen LogP) is 4.13. The number of amides is 1. The van der Waals surface area contributed by atoms with Crippen LogP contribution in [0.1, 0.15) is 41.6 Å². The lowest BCUT2D eigenvalue weighted by Crippen LogP contribution is -2.48. The van der Waals surface area contributed by atoms with Crippen LogP contribution < -0.4 is 4.90 Å². The van der Waals surface area contributed by atoms with E-state index in [1.54, 1.807) is 39.9 Å². The zero-order chi connectivity index (χ0) is 23.7. The number of nitrogens with zero attached hydrogens (tertiary/aromatic N) is 4. The topological polar surface area (TPSA) is 73.8 Å². The molecule has 0 saturated carbocycles. The minimum Gasteiger partial charge on any atom is -0.345 e.